The van der Waals surface area contributed by atoms with Gasteiger partial charge in [-0.05, 0) is 53.2 Å². The second-order valence-electron chi connectivity index (χ2n) is 7.34. The Morgan fingerprint density at radius 3 is 2.11 bits per heavy atom. The van der Waals surface area contributed by atoms with Crippen LogP contribution in [0.5, 0.6) is 0 Å². The van der Waals surface area contributed by atoms with Crippen molar-refractivity contribution in [3.8, 4) is 0 Å². The summed E-state index contributed by atoms with van der Waals surface area (Å²) in [7, 11) is 0. The molecule has 0 aromatic heterocycles. The van der Waals surface area contributed by atoms with Crippen molar-refractivity contribution in [3.63, 3.8) is 0 Å². The molecule has 0 aliphatic heterocycles. The lowest BCUT2D eigenvalue weighted by molar-refractivity contribution is 0.225. The third-order valence-corrected chi connectivity index (χ3v) is 4.58. The maximum Gasteiger partial charge on any atom is -0.0219 e. The molecule has 1 aliphatic rings. The first kappa shape index (κ1) is 14.4. The Kier molecular flexibility index (Phi) is 4.18. The first-order valence-electron chi connectivity index (χ1n) is 7.67. The Balaban J connectivity index is 2.10. The summed E-state index contributed by atoms with van der Waals surface area (Å²) >= 11 is 0. The Hall–Kier alpha value is -1.04. The normalized spacial score (nSPS) is 20.5. The molecule has 1 aliphatic carbocycles. The van der Waals surface area contributed by atoms with Crippen molar-refractivity contribution in [2.45, 2.75) is 59.8 Å². The Bertz CT molecular complexity index is 440. The zero-order valence-electron chi connectivity index (χ0n) is 13.2. The lowest BCUT2D eigenvalue weighted by Crippen LogP contribution is -2.21. The highest BCUT2D eigenvalue weighted by atomic mass is 14.3. The van der Waals surface area contributed by atoms with Gasteiger partial charge < -0.3 is 0 Å². The molecule has 0 fully saturated rings. The fourth-order valence-corrected chi connectivity index (χ4v) is 2.97. The van der Waals surface area contributed by atoms with Crippen LogP contribution in [0.2, 0.25) is 0 Å². The highest BCUT2D eigenvalue weighted by Crippen LogP contribution is 2.39. The maximum atomic E-state index is 2.48. The van der Waals surface area contributed by atoms with Crippen molar-refractivity contribution >= 4 is 5.57 Å². The van der Waals surface area contributed by atoms with Gasteiger partial charge in [-0.3, -0.25) is 0 Å². The van der Waals surface area contributed by atoms with Crippen LogP contribution in [0.3, 0.4) is 0 Å². The molecule has 0 radical (unpaired) electrons. The topological polar surface area (TPSA) is 0 Å². The number of rotatable bonds is 2. The largest absolute Gasteiger partial charge is 0.0804 e. The minimum Gasteiger partial charge on any atom is -0.0804 e. The summed E-state index contributed by atoms with van der Waals surface area (Å²) in [5, 5.41) is 0. The van der Waals surface area contributed by atoms with E-state index in [-0.39, 0.29) is 0 Å². The van der Waals surface area contributed by atoms with E-state index in [9.17, 15) is 0 Å². The first-order valence-corrected chi connectivity index (χ1v) is 7.67. The summed E-state index contributed by atoms with van der Waals surface area (Å²) in [4.78, 5) is 0. The molecule has 0 spiro atoms. The van der Waals surface area contributed by atoms with Gasteiger partial charge in [-0.25, -0.2) is 0 Å². The first-order chi connectivity index (χ1) is 8.88. The molecular weight excluding hydrogens is 228 g/mol. The van der Waals surface area contributed by atoms with Crippen molar-refractivity contribution in [1.29, 1.82) is 0 Å². The third kappa shape index (κ3) is 3.49. The smallest absolute Gasteiger partial charge is 0.0219 e. The molecule has 19 heavy (non-hydrogen) atoms. The average Bonchev–Trinajstić information content (AvgIpc) is 2.38. The molecule has 1 aromatic carbocycles. The van der Waals surface area contributed by atoms with E-state index in [1.165, 1.54) is 30.4 Å². The van der Waals surface area contributed by atoms with Gasteiger partial charge in [-0.15, -0.1) is 0 Å². The molecule has 0 bridgehead atoms. The summed E-state index contributed by atoms with van der Waals surface area (Å²) in [6.07, 6.45) is 6.29. The Morgan fingerprint density at radius 2 is 1.68 bits per heavy atom. The van der Waals surface area contributed by atoms with Crippen molar-refractivity contribution in [1.82, 2.24) is 0 Å². The summed E-state index contributed by atoms with van der Waals surface area (Å²) in [5.41, 5.74) is 4.86. The van der Waals surface area contributed by atoms with E-state index >= 15 is 0 Å². The van der Waals surface area contributed by atoms with Crippen LogP contribution in [0.4, 0.5) is 0 Å². The van der Waals surface area contributed by atoms with Gasteiger partial charge in [-0.1, -0.05) is 65.0 Å². The van der Waals surface area contributed by atoms with E-state index in [4.69, 9.17) is 0 Å². The lowest BCUT2D eigenvalue weighted by atomic mass is 9.72. The molecule has 1 unspecified atom stereocenters. The average molecular weight is 256 g/mol. The van der Waals surface area contributed by atoms with Crippen molar-refractivity contribution in [2.75, 3.05) is 0 Å². The van der Waals surface area contributed by atoms with Crippen molar-refractivity contribution in [3.05, 3.63) is 41.5 Å². The molecular formula is C19H28. The lowest BCUT2D eigenvalue weighted by Gasteiger charge is -2.33. The molecule has 2 rings (SSSR count). The van der Waals surface area contributed by atoms with Gasteiger partial charge in [-0.2, -0.15) is 0 Å². The molecule has 0 saturated heterocycles. The number of hydrogen-bond acceptors (Lipinski definition) is 0. The monoisotopic (exact) mass is 256 g/mol. The molecule has 0 heterocycles. The van der Waals surface area contributed by atoms with Gasteiger partial charge in [0, 0.05) is 0 Å². The van der Waals surface area contributed by atoms with Crippen LogP contribution >= 0.6 is 0 Å². The summed E-state index contributed by atoms with van der Waals surface area (Å²) < 4.78 is 0. The number of hydrogen-bond donors (Lipinski definition) is 0. The van der Waals surface area contributed by atoms with Gasteiger partial charge in [0.1, 0.15) is 0 Å². The molecule has 0 amide bonds. The molecule has 104 valence electrons. The van der Waals surface area contributed by atoms with Crippen LogP contribution in [0.15, 0.2) is 30.3 Å². The fourth-order valence-electron chi connectivity index (χ4n) is 2.97. The van der Waals surface area contributed by atoms with Crippen molar-refractivity contribution in [2.24, 2.45) is 11.3 Å². The molecule has 0 saturated carbocycles. The van der Waals surface area contributed by atoms with Crippen LogP contribution < -0.4 is 0 Å². The Labute approximate surface area is 118 Å². The van der Waals surface area contributed by atoms with Gasteiger partial charge in [0.15, 0.2) is 0 Å². The zero-order chi connectivity index (χ0) is 14.0. The molecule has 0 heteroatoms. The fraction of sp³-hybridized carbons (Fsp3) is 0.579. The van der Waals surface area contributed by atoms with Gasteiger partial charge in [0.05, 0.1) is 0 Å². The zero-order valence-corrected chi connectivity index (χ0v) is 13.2. The molecule has 0 nitrogen and oxygen atoms in total. The Morgan fingerprint density at radius 1 is 1.05 bits per heavy atom. The van der Waals surface area contributed by atoms with E-state index < -0.39 is 0 Å². The standard InChI is InChI=1S/C19H28/c1-14(2)15-6-8-16(9-7-15)17-10-12-18(13-11-17)19(3,4)5/h6-10,14,18H,11-13H2,1-5H3. The summed E-state index contributed by atoms with van der Waals surface area (Å²) in [6, 6.07) is 9.19. The molecule has 1 aromatic rings. The minimum absolute atomic E-state index is 0.448. The quantitative estimate of drug-likeness (QED) is 0.605. The van der Waals surface area contributed by atoms with Crippen LogP contribution in [0.1, 0.15) is 70.9 Å². The highest BCUT2D eigenvalue weighted by Gasteiger charge is 2.26. The molecule has 1 atom stereocenters. The SMILES string of the molecule is CC(C)c1ccc(C2=CCC(C(C)(C)C)CC2)cc1. The summed E-state index contributed by atoms with van der Waals surface area (Å²) in [6.45, 7) is 11.6. The summed E-state index contributed by atoms with van der Waals surface area (Å²) in [5.74, 6) is 1.46. The molecule has 0 N–H and O–H groups in total. The van der Waals surface area contributed by atoms with E-state index in [2.05, 4.69) is 65.0 Å². The van der Waals surface area contributed by atoms with E-state index in [0.29, 0.717) is 11.3 Å². The van der Waals surface area contributed by atoms with Gasteiger partial charge >= 0.3 is 0 Å². The van der Waals surface area contributed by atoms with Crippen LogP contribution in [-0.4, -0.2) is 0 Å². The number of allylic oxidation sites excluding steroid dienone is 2. The van der Waals surface area contributed by atoms with Crippen molar-refractivity contribution < 1.29 is 0 Å². The highest BCUT2D eigenvalue weighted by molar-refractivity contribution is 5.66. The second-order valence-corrected chi connectivity index (χ2v) is 7.34. The number of benzene rings is 1. The minimum atomic E-state index is 0.448. The second kappa shape index (κ2) is 5.53. The maximum absolute atomic E-state index is 2.48. The van der Waals surface area contributed by atoms with Crippen LogP contribution in [0, 0.1) is 11.3 Å². The predicted octanol–water partition coefficient (Wildman–Crippen LogP) is 6.04. The van der Waals surface area contributed by atoms with Gasteiger partial charge in [0.2, 0.25) is 0 Å². The van der Waals surface area contributed by atoms with Crippen LogP contribution in [0.25, 0.3) is 5.57 Å². The van der Waals surface area contributed by atoms with Gasteiger partial charge in [0.25, 0.3) is 0 Å². The van der Waals surface area contributed by atoms with E-state index in [1.54, 1.807) is 5.57 Å². The van der Waals surface area contributed by atoms with E-state index in [1.807, 2.05) is 0 Å². The third-order valence-electron chi connectivity index (χ3n) is 4.58. The van der Waals surface area contributed by atoms with Crippen LogP contribution in [-0.2, 0) is 0 Å². The predicted molar refractivity (Wildman–Crippen MR) is 85.3 cm³/mol. The van der Waals surface area contributed by atoms with E-state index in [0.717, 1.165) is 5.92 Å².